The van der Waals surface area contributed by atoms with Gasteiger partial charge in [-0.2, -0.15) is 0 Å². The second-order valence-corrected chi connectivity index (χ2v) is 12.9. The minimum Gasteiger partial charge on any atom is -0.494 e. The number of amides is 1. The lowest BCUT2D eigenvalue weighted by molar-refractivity contribution is -0.128. The van der Waals surface area contributed by atoms with Crippen LogP contribution in [0.15, 0.2) is 150 Å². The van der Waals surface area contributed by atoms with E-state index in [-0.39, 0.29) is 31.4 Å². The maximum Gasteiger partial charge on any atom is 0.252 e. The van der Waals surface area contributed by atoms with Gasteiger partial charge in [-0.3, -0.25) is 4.79 Å². The Morgan fingerprint density at radius 2 is 1.55 bits per heavy atom. The van der Waals surface area contributed by atoms with E-state index in [9.17, 15) is 10.3 Å². The van der Waals surface area contributed by atoms with Crippen molar-refractivity contribution in [1.82, 2.24) is 5.32 Å². The third kappa shape index (κ3) is 9.71. The topological polar surface area (TPSA) is 147 Å². The summed E-state index contributed by atoms with van der Waals surface area (Å²) in [5.74, 6) is 1.74. The van der Waals surface area contributed by atoms with Crippen LogP contribution in [-0.4, -0.2) is 42.2 Å². The second-order valence-electron chi connectivity index (χ2n) is 12.9. The third-order valence-corrected chi connectivity index (χ3v) is 9.04. The molecule has 0 aliphatic carbocycles. The number of aliphatic hydroxyl groups is 1. The standard InChI is InChI=1S/C44H43N5O6/c1-2-25-44(41(37-16-9-10-17-38(37)48-49-45)55-42(47-44)35-19-21-36(22-20-35)52-28-11-27-50)43(51)46-26-24-32-18-23-39(53-30-33-12-5-3-6-13-33)40(29-32)54-31-34-14-7-4-8-15-34/h2-10,12-23,29,41,50H,1,11,24-28,30-31H2,(H,46,51)/t41-,44-/m1/s1. The zero-order valence-electron chi connectivity index (χ0n) is 30.4. The molecule has 2 N–H and O–H groups in total. The Morgan fingerprint density at radius 1 is 0.873 bits per heavy atom. The summed E-state index contributed by atoms with van der Waals surface area (Å²) in [4.78, 5) is 22.4. The van der Waals surface area contributed by atoms with Crippen molar-refractivity contribution in [1.29, 1.82) is 0 Å². The number of aliphatic hydroxyl groups excluding tert-OH is 1. The van der Waals surface area contributed by atoms with Crippen LogP contribution in [0.25, 0.3) is 10.4 Å². The zero-order chi connectivity index (χ0) is 38.3. The maximum atomic E-state index is 14.4. The number of hydrogen-bond acceptors (Lipinski definition) is 8. The Morgan fingerprint density at radius 3 is 2.22 bits per heavy atom. The van der Waals surface area contributed by atoms with E-state index in [4.69, 9.17) is 29.0 Å². The molecule has 280 valence electrons. The highest BCUT2D eigenvalue weighted by atomic mass is 16.5. The molecule has 55 heavy (non-hydrogen) atoms. The normalized spacial score (nSPS) is 15.9. The minimum absolute atomic E-state index is 0.0372. The first-order chi connectivity index (χ1) is 27.0. The number of carbonyl (C=O) groups is 1. The molecule has 5 aromatic rings. The summed E-state index contributed by atoms with van der Waals surface area (Å²) < 4.78 is 24.7. The monoisotopic (exact) mass is 737 g/mol. The number of nitrogens with one attached hydrogen (secondary N) is 1. The van der Waals surface area contributed by atoms with Crippen molar-refractivity contribution in [2.75, 3.05) is 19.8 Å². The Bertz CT molecular complexity index is 2120. The number of nitrogens with zero attached hydrogens (tertiary/aromatic N) is 4. The second kappa shape index (κ2) is 19.0. The van der Waals surface area contributed by atoms with Crippen molar-refractivity contribution < 1.29 is 28.8 Å². The van der Waals surface area contributed by atoms with Crippen LogP contribution in [-0.2, 0) is 29.2 Å². The van der Waals surface area contributed by atoms with Gasteiger partial charge < -0.3 is 29.4 Å². The van der Waals surface area contributed by atoms with Gasteiger partial charge in [-0.1, -0.05) is 102 Å². The van der Waals surface area contributed by atoms with E-state index in [0.29, 0.717) is 66.7 Å². The van der Waals surface area contributed by atoms with Gasteiger partial charge in [0.25, 0.3) is 5.91 Å². The number of hydrogen-bond donors (Lipinski definition) is 2. The number of ether oxygens (including phenoxy) is 4. The first kappa shape index (κ1) is 38.2. The van der Waals surface area contributed by atoms with Gasteiger partial charge in [-0.05, 0) is 65.0 Å². The number of rotatable bonds is 19. The molecule has 11 heteroatoms. The molecule has 0 bridgehead atoms. The average molecular weight is 738 g/mol. The molecule has 0 saturated carbocycles. The van der Waals surface area contributed by atoms with Crippen LogP contribution in [0.1, 0.15) is 46.8 Å². The van der Waals surface area contributed by atoms with Crippen molar-refractivity contribution in [2.45, 2.75) is 44.1 Å². The third-order valence-electron chi connectivity index (χ3n) is 9.04. The number of aliphatic imine (C=N–C) groups is 1. The van der Waals surface area contributed by atoms with Gasteiger partial charge in [-0.25, -0.2) is 4.99 Å². The van der Waals surface area contributed by atoms with E-state index in [2.05, 4.69) is 21.9 Å². The van der Waals surface area contributed by atoms with E-state index in [1.807, 2.05) is 78.9 Å². The van der Waals surface area contributed by atoms with E-state index in [1.165, 1.54) is 0 Å². The summed E-state index contributed by atoms with van der Waals surface area (Å²) in [5, 5.41) is 16.1. The molecule has 0 unspecified atom stereocenters. The Kier molecular flexibility index (Phi) is 13.2. The van der Waals surface area contributed by atoms with E-state index >= 15 is 0 Å². The summed E-state index contributed by atoms with van der Waals surface area (Å²) in [7, 11) is 0. The molecular formula is C44H43N5O6. The van der Waals surface area contributed by atoms with Gasteiger partial charge in [0.2, 0.25) is 5.90 Å². The minimum atomic E-state index is -1.46. The number of carbonyl (C=O) groups excluding carboxylic acids is 1. The summed E-state index contributed by atoms with van der Waals surface area (Å²) in [5.41, 5.74) is 12.4. The lowest BCUT2D eigenvalue weighted by Crippen LogP contribution is -2.48. The van der Waals surface area contributed by atoms with Crippen LogP contribution in [0, 0.1) is 0 Å². The van der Waals surface area contributed by atoms with Gasteiger partial charge in [0, 0.05) is 47.7 Å². The first-order valence-corrected chi connectivity index (χ1v) is 18.1. The Balaban J connectivity index is 1.23. The molecule has 1 amide bonds. The van der Waals surface area contributed by atoms with Gasteiger partial charge in [0.15, 0.2) is 23.1 Å². The SMILES string of the molecule is C=CC[C@@]1(C(=O)NCCc2ccc(OCc3ccccc3)c(OCc3ccccc3)c2)N=C(c2ccc(OCCCO)cc2)O[C@@H]1c1ccccc1N=[N+]=[N-]. The highest BCUT2D eigenvalue weighted by molar-refractivity contribution is 6.01. The van der Waals surface area contributed by atoms with Crippen molar-refractivity contribution in [2.24, 2.45) is 10.1 Å². The number of azide groups is 1. The predicted octanol–water partition coefficient (Wildman–Crippen LogP) is 8.74. The highest BCUT2D eigenvalue weighted by Crippen LogP contribution is 2.45. The largest absolute Gasteiger partial charge is 0.494 e. The zero-order valence-corrected chi connectivity index (χ0v) is 30.4. The van der Waals surface area contributed by atoms with Crippen molar-refractivity contribution >= 4 is 17.5 Å². The fraction of sp³-hybridized carbons (Fsp3) is 0.227. The van der Waals surface area contributed by atoms with Crippen LogP contribution in [0.2, 0.25) is 0 Å². The summed E-state index contributed by atoms with van der Waals surface area (Å²) in [6.45, 7) is 5.41. The molecule has 2 atom stereocenters. The van der Waals surface area contributed by atoms with Gasteiger partial charge in [0.05, 0.1) is 6.61 Å². The molecule has 0 spiro atoms. The lowest BCUT2D eigenvalue weighted by atomic mass is 9.83. The Hall–Kier alpha value is -6.55. The van der Waals surface area contributed by atoms with Gasteiger partial charge >= 0.3 is 0 Å². The van der Waals surface area contributed by atoms with E-state index in [1.54, 1.807) is 54.6 Å². The smallest absolute Gasteiger partial charge is 0.252 e. The lowest BCUT2D eigenvalue weighted by Gasteiger charge is -2.30. The van der Waals surface area contributed by atoms with Crippen LogP contribution in [0.3, 0.4) is 0 Å². The number of benzene rings is 5. The predicted molar refractivity (Wildman–Crippen MR) is 211 cm³/mol. The summed E-state index contributed by atoms with van der Waals surface area (Å²) >= 11 is 0. The summed E-state index contributed by atoms with van der Waals surface area (Å²) in [6.07, 6.45) is 1.86. The fourth-order valence-electron chi connectivity index (χ4n) is 6.24. The molecule has 1 aliphatic rings. The molecule has 1 aliphatic heterocycles. The average Bonchev–Trinajstić information content (AvgIpc) is 3.61. The van der Waals surface area contributed by atoms with Crippen LogP contribution >= 0.6 is 0 Å². The maximum absolute atomic E-state index is 14.4. The highest BCUT2D eigenvalue weighted by Gasteiger charge is 2.53. The molecular weight excluding hydrogens is 695 g/mol. The summed E-state index contributed by atoms with van der Waals surface area (Å²) in [6, 6.07) is 39.8. The van der Waals surface area contributed by atoms with Crippen molar-refractivity contribution in [3.05, 3.63) is 178 Å². The Labute approximate surface area is 320 Å². The fourth-order valence-corrected chi connectivity index (χ4v) is 6.24. The first-order valence-electron chi connectivity index (χ1n) is 18.1. The van der Waals surface area contributed by atoms with Crippen LogP contribution < -0.4 is 19.5 Å². The van der Waals surface area contributed by atoms with Crippen LogP contribution in [0.4, 0.5) is 5.69 Å². The molecule has 0 aromatic heterocycles. The van der Waals surface area contributed by atoms with E-state index < -0.39 is 11.6 Å². The molecule has 11 nitrogen and oxygen atoms in total. The van der Waals surface area contributed by atoms with Gasteiger partial charge in [-0.15, -0.1) is 6.58 Å². The van der Waals surface area contributed by atoms with E-state index in [0.717, 1.165) is 16.7 Å². The van der Waals surface area contributed by atoms with Gasteiger partial charge in [0.1, 0.15) is 19.0 Å². The molecule has 0 fully saturated rings. The molecule has 1 heterocycles. The molecule has 6 rings (SSSR count). The molecule has 0 saturated heterocycles. The van der Waals surface area contributed by atoms with Crippen LogP contribution in [0.5, 0.6) is 17.2 Å². The quantitative estimate of drug-likeness (QED) is 0.0285. The van der Waals surface area contributed by atoms with Crippen molar-refractivity contribution in [3.63, 3.8) is 0 Å². The molecule has 0 radical (unpaired) electrons. The molecule has 5 aromatic carbocycles. The van der Waals surface area contributed by atoms with Crippen molar-refractivity contribution in [3.8, 4) is 17.2 Å².